The molecule has 4 N–H and O–H groups in total. The second kappa shape index (κ2) is 22.2. The smallest absolute Gasteiger partial charge is 0.306 e. The van der Waals surface area contributed by atoms with Crippen molar-refractivity contribution in [1.29, 1.82) is 0 Å². The van der Waals surface area contributed by atoms with Crippen molar-refractivity contribution in [3.8, 4) is 0 Å². The Hall–Kier alpha value is -1.56. The van der Waals surface area contributed by atoms with E-state index in [0.717, 1.165) is 32.1 Å². The molecule has 1 saturated heterocycles. The topological polar surface area (TPSA) is 152 Å². The molecule has 0 aromatic heterocycles. The molecule has 39 heavy (non-hydrogen) atoms. The molecule has 0 spiro atoms. The van der Waals surface area contributed by atoms with E-state index in [1.807, 2.05) is 0 Å². The van der Waals surface area contributed by atoms with Crippen molar-refractivity contribution < 1.29 is 49.0 Å². The third-order valence-electron chi connectivity index (χ3n) is 6.71. The summed E-state index contributed by atoms with van der Waals surface area (Å²) >= 11 is 0. The van der Waals surface area contributed by atoms with Crippen LogP contribution in [0.25, 0.3) is 0 Å². The van der Waals surface area contributed by atoms with Gasteiger partial charge in [0, 0.05) is 13.3 Å². The van der Waals surface area contributed by atoms with Gasteiger partial charge in [0.25, 0.3) is 0 Å². The Morgan fingerprint density at radius 3 is 2.00 bits per heavy atom. The van der Waals surface area contributed by atoms with Crippen LogP contribution >= 0.6 is 0 Å². The summed E-state index contributed by atoms with van der Waals surface area (Å²) in [7, 11) is 0. The summed E-state index contributed by atoms with van der Waals surface area (Å²) in [4.78, 5) is 23.5. The van der Waals surface area contributed by atoms with E-state index < -0.39 is 55.4 Å². The Bertz CT molecular complexity index is 668. The van der Waals surface area contributed by atoms with Crippen LogP contribution in [-0.2, 0) is 28.5 Å². The van der Waals surface area contributed by atoms with Crippen LogP contribution < -0.4 is 0 Å². The molecule has 6 unspecified atom stereocenters. The third-order valence-corrected chi connectivity index (χ3v) is 6.71. The molecular weight excluding hydrogens is 508 g/mol. The maximum atomic E-state index is 12.3. The van der Waals surface area contributed by atoms with Gasteiger partial charge in [-0.25, -0.2) is 0 Å². The van der Waals surface area contributed by atoms with Crippen molar-refractivity contribution in [3.05, 3.63) is 12.2 Å². The van der Waals surface area contributed by atoms with E-state index >= 15 is 0 Å². The van der Waals surface area contributed by atoms with Crippen molar-refractivity contribution in [1.82, 2.24) is 0 Å². The number of unbranched alkanes of at least 4 members (excludes halogenated alkanes) is 11. The number of aliphatic hydroxyl groups is 4. The SMILES string of the molecule is CCCCCCCC/C=C\CCCCCCCC(=O)OC(COC(C)=O)COC1OC(CO)C(O)C(O)C1O. The Kier molecular flexibility index (Phi) is 20.2. The lowest BCUT2D eigenvalue weighted by atomic mass is 9.99. The van der Waals surface area contributed by atoms with Crippen LogP contribution in [0.4, 0.5) is 0 Å². The molecule has 0 aromatic rings. The predicted molar refractivity (Wildman–Crippen MR) is 146 cm³/mol. The fourth-order valence-corrected chi connectivity index (χ4v) is 4.32. The van der Waals surface area contributed by atoms with Gasteiger partial charge in [-0.2, -0.15) is 0 Å². The molecule has 228 valence electrons. The van der Waals surface area contributed by atoms with Crippen molar-refractivity contribution in [2.75, 3.05) is 19.8 Å². The Labute approximate surface area is 233 Å². The van der Waals surface area contributed by atoms with E-state index in [0.29, 0.717) is 6.42 Å². The number of aliphatic hydroxyl groups excluding tert-OH is 4. The molecule has 6 atom stereocenters. The Morgan fingerprint density at radius 1 is 0.821 bits per heavy atom. The standard InChI is InChI=1S/C29H52O10/c1-3-4-5-6-7-8-9-10-11-12-13-14-15-16-17-18-25(32)38-23(20-36-22(2)31)21-37-29-28(35)27(34)26(33)24(19-30)39-29/h10-11,23-24,26-30,33-35H,3-9,12-21H2,1-2H3/b11-10-. The second-order valence-electron chi connectivity index (χ2n) is 10.3. The zero-order valence-corrected chi connectivity index (χ0v) is 23.9. The maximum absolute atomic E-state index is 12.3. The van der Waals surface area contributed by atoms with Gasteiger partial charge in [0.2, 0.25) is 0 Å². The van der Waals surface area contributed by atoms with E-state index in [4.69, 9.17) is 18.9 Å². The highest BCUT2D eigenvalue weighted by atomic mass is 16.7. The minimum Gasteiger partial charge on any atom is -0.462 e. The van der Waals surface area contributed by atoms with Gasteiger partial charge in [0.1, 0.15) is 31.0 Å². The summed E-state index contributed by atoms with van der Waals surface area (Å²) in [6, 6.07) is 0. The second-order valence-corrected chi connectivity index (χ2v) is 10.3. The van der Waals surface area contributed by atoms with E-state index in [9.17, 15) is 30.0 Å². The summed E-state index contributed by atoms with van der Waals surface area (Å²) in [5.74, 6) is -1.01. The molecule has 1 aliphatic rings. The molecular formula is C29H52O10. The summed E-state index contributed by atoms with van der Waals surface area (Å²) in [5, 5.41) is 39.1. The average Bonchev–Trinajstić information content (AvgIpc) is 2.91. The van der Waals surface area contributed by atoms with E-state index in [1.165, 1.54) is 51.9 Å². The van der Waals surface area contributed by atoms with E-state index in [2.05, 4.69) is 19.1 Å². The normalized spacial score (nSPS) is 24.1. The molecule has 0 saturated carbocycles. The van der Waals surface area contributed by atoms with Gasteiger partial charge in [-0.15, -0.1) is 0 Å². The van der Waals surface area contributed by atoms with Crippen LogP contribution in [0.1, 0.15) is 104 Å². The number of carbonyl (C=O) groups is 2. The number of hydrogen-bond acceptors (Lipinski definition) is 10. The minimum atomic E-state index is -1.59. The molecule has 0 radical (unpaired) electrons. The highest BCUT2D eigenvalue weighted by Gasteiger charge is 2.44. The number of hydrogen-bond donors (Lipinski definition) is 4. The van der Waals surface area contributed by atoms with Crippen LogP contribution in [0.15, 0.2) is 12.2 Å². The van der Waals surface area contributed by atoms with Gasteiger partial charge < -0.3 is 39.4 Å². The first-order valence-electron chi connectivity index (χ1n) is 14.7. The molecule has 0 amide bonds. The van der Waals surface area contributed by atoms with Crippen LogP contribution in [-0.4, -0.2) is 89.0 Å². The summed E-state index contributed by atoms with van der Waals surface area (Å²) in [5.41, 5.74) is 0. The van der Waals surface area contributed by atoms with Gasteiger partial charge in [-0.1, -0.05) is 70.4 Å². The van der Waals surface area contributed by atoms with Crippen LogP contribution in [0.2, 0.25) is 0 Å². The van der Waals surface area contributed by atoms with Crippen LogP contribution in [0.5, 0.6) is 0 Å². The van der Waals surface area contributed by atoms with Gasteiger partial charge in [0.15, 0.2) is 12.4 Å². The van der Waals surface area contributed by atoms with E-state index in [1.54, 1.807) is 0 Å². The first kappa shape index (κ1) is 35.5. The lowest BCUT2D eigenvalue weighted by Gasteiger charge is -2.39. The minimum absolute atomic E-state index is 0.217. The Balaban J connectivity index is 2.23. The van der Waals surface area contributed by atoms with Gasteiger partial charge in [-0.05, 0) is 32.1 Å². The Morgan fingerprint density at radius 2 is 1.41 bits per heavy atom. The van der Waals surface area contributed by atoms with Crippen molar-refractivity contribution in [2.45, 2.75) is 141 Å². The molecule has 1 fully saturated rings. The fourth-order valence-electron chi connectivity index (χ4n) is 4.32. The zero-order valence-electron chi connectivity index (χ0n) is 23.9. The summed E-state index contributed by atoms with van der Waals surface area (Å²) in [6.07, 6.45) is 11.7. The number of esters is 2. The van der Waals surface area contributed by atoms with Crippen molar-refractivity contribution in [3.63, 3.8) is 0 Å². The molecule has 10 nitrogen and oxygen atoms in total. The van der Waals surface area contributed by atoms with Crippen LogP contribution in [0.3, 0.4) is 0 Å². The monoisotopic (exact) mass is 560 g/mol. The number of ether oxygens (including phenoxy) is 4. The number of rotatable bonds is 22. The fraction of sp³-hybridized carbons (Fsp3) is 0.862. The first-order chi connectivity index (χ1) is 18.8. The molecule has 0 aliphatic carbocycles. The lowest BCUT2D eigenvalue weighted by Crippen LogP contribution is -2.59. The van der Waals surface area contributed by atoms with Gasteiger partial charge >= 0.3 is 11.9 Å². The number of allylic oxidation sites excluding steroid dienone is 2. The van der Waals surface area contributed by atoms with E-state index in [-0.39, 0.29) is 19.6 Å². The van der Waals surface area contributed by atoms with Crippen molar-refractivity contribution >= 4 is 11.9 Å². The summed E-state index contributed by atoms with van der Waals surface area (Å²) in [6.45, 7) is 2.34. The molecule has 0 aromatic carbocycles. The van der Waals surface area contributed by atoms with Gasteiger partial charge in [0.05, 0.1) is 13.2 Å². The quantitative estimate of drug-likeness (QED) is 0.0881. The summed E-state index contributed by atoms with van der Waals surface area (Å²) < 4.78 is 21.1. The molecule has 10 heteroatoms. The number of carbonyl (C=O) groups excluding carboxylic acids is 2. The molecule has 1 rings (SSSR count). The molecule has 1 aliphatic heterocycles. The zero-order chi connectivity index (χ0) is 28.9. The highest BCUT2D eigenvalue weighted by Crippen LogP contribution is 2.22. The largest absolute Gasteiger partial charge is 0.462 e. The lowest BCUT2D eigenvalue weighted by molar-refractivity contribution is -0.305. The molecule has 1 heterocycles. The maximum Gasteiger partial charge on any atom is 0.306 e. The van der Waals surface area contributed by atoms with Gasteiger partial charge in [-0.3, -0.25) is 9.59 Å². The van der Waals surface area contributed by atoms with Crippen molar-refractivity contribution in [2.24, 2.45) is 0 Å². The average molecular weight is 561 g/mol. The third kappa shape index (κ3) is 16.3. The highest BCUT2D eigenvalue weighted by molar-refractivity contribution is 5.69. The predicted octanol–water partition coefficient (Wildman–Crippen LogP) is 3.32. The first-order valence-corrected chi connectivity index (χ1v) is 14.7. The molecule has 0 bridgehead atoms. The van der Waals surface area contributed by atoms with Crippen LogP contribution in [0, 0.1) is 0 Å².